The van der Waals surface area contributed by atoms with Crippen LogP contribution in [0.4, 0.5) is 0 Å². The van der Waals surface area contributed by atoms with Gasteiger partial charge in [0.05, 0.1) is 5.54 Å². The fourth-order valence-electron chi connectivity index (χ4n) is 4.02. The third kappa shape index (κ3) is 5.07. The smallest absolute Gasteiger partial charge is 0.221 e. The number of piperidine rings is 1. The lowest BCUT2D eigenvalue weighted by Crippen LogP contribution is -2.44. The molecule has 1 amide bonds. The second-order valence-corrected chi connectivity index (χ2v) is 7.84. The molecule has 0 aromatic carbocycles. The van der Waals surface area contributed by atoms with Crippen molar-refractivity contribution < 1.29 is 4.79 Å². The van der Waals surface area contributed by atoms with E-state index in [0.717, 1.165) is 30.9 Å². The van der Waals surface area contributed by atoms with Crippen LogP contribution in [0.3, 0.4) is 0 Å². The zero-order valence-corrected chi connectivity index (χ0v) is 16.7. The van der Waals surface area contributed by atoms with E-state index in [0.29, 0.717) is 18.3 Å². The van der Waals surface area contributed by atoms with Crippen LogP contribution in [0, 0.1) is 11.8 Å². The maximum absolute atomic E-state index is 12.6. The Hall–Kier alpha value is -0.360. The van der Waals surface area contributed by atoms with E-state index >= 15 is 0 Å². The molecular formula is C17H29Cl2N3OS. The lowest BCUT2D eigenvalue weighted by molar-refractivity contribution is -0.124. The molecular weight excluding hydrogens is 365 g/mol. The van der Waals surface area contributed by atoms with Crippen molar-refractivity contribution in [1.82, 2.24) is 15.6 Å². The van der Waals surface area contributed by atoms with Gasteiger partial charge in [-0.15, -0.1) is 36.2 Å². The standard InChI is InChI=1S/C17H27N3OS.2ClH/c1-13(14-4-8-18-9-5-14)12-15(21)20-17(6-2-3-7-17)16-19-10-11-22-16;;/h10-11,13-14,18H,2-9,12H2,1H3,(H,20,21);2*1H. The van der Waals surface area contributed by atoms with E-state index < -0.39 is 0 Å². The SMILES string of the molecule is CC(CC(=O)NC1(c2nccs2)CCCC1)C1CCNCC1.Cl.Cl. The normalized spacial score (nSPS) is 21.4. The van der Waals surface area contributed by atoms with Gasteiger partial charge in [-0.25, -0.2) is 4.98 Å². The van der Waals surface area contributed by atoms with Gasteiger partial charge in [-0.3, -0.25) is 4.79 Å². The summed E-state index contributed by atoms with van der Waals surface area (Å²) in [5.41, 5.74) is -0.181. The Kier molecular flexibility index (Phi) is 8.99. The highest BCUT2D eigenvalue weighted by Crippen LogP contribution is 2.40. The first kappa shape index (κ1) is 21.7. The van der Waals surface area contributed by atoms with Gasteiger partial charge in [0.2, 0.25) is 5.91 Å². The molecule has 138 valence electrons. The monoisotopic (exact) mass is 393 g/mol. The molecule has 0 spiro atoms. The summed E-state index contributed by atoms with van der Waals surface area (Å²) in [5.74, 6) is 1.37. The molecule has 0 radical (unpaired) electrons. The first-order chi connectivity index (χ1) is 10.7. The van der Waals surface area contributed by atoms with Gasteiger partial charge in [0.1, 0.15) is 5.01 Å². The number of hydrogen-bond donors (Lipinski definition) is 2. The van der Waals surface area contributed by atoms with Gasteiger partial charge >= 0.3 is 0 Å². The molecule has 1 saturated heterocycles. The Bertz CT molecular complexity index is 486. The summed E-state index contributed by atoms with van der Waals surface area (Å²) in [7, 11) is 0. The molecule has 1 aliphatic carbocycles. The van der Waals surface area contributed by atoms with Gasteiger partial charge in [-0.1, -0.05) is 19.8 Å². The van der Waals surface area contributed by atoms with E-state index in [1.54, 1.807) is 11.3 Å². The largest absolute Gasteiger partial charge is 0.344 e. The van der Waals surface area contributed by atoms with Crippen molar-refractivity contribution in [3.63, 3.8) is 0 Å². The van der Waals surface area contributed by atoms with E-state index in [9.17, 15) is 4.79 Å². The van der Waals surface area contributed by atoms with Crippen molar-refractivity contribution in [3.8, 4) is 0 Å². The Labute approximate surface area is 161 Å². The lowest BCUT2D eigenvalue weighted by atomic mass is 9.83. The number of hydrogen-bond acceptors (Lipinski definition) is 4. The minimum absolute atomic E-state index is 0. The zero-order valence-electron chi connectivity index (χ0n) is 14.3. The van der Waals surface area contributed by atoms with Gasteiger partial charge in [-0.2, -0.15) is 0 Å². The highest BCUT2D eigenvalue weighted by atomic mass is 35.5. The van der Waals surface area contributed by atoms with Crippen LogP contribution in [0.15, 0.2) is 11.6 Å². The van der Waals surface area contributed by atoms with Crippen molar-refractivity contribution in [3.05, 3.63) is 16.6 Å². The van der Waals surface area contributed by atoms with Crippen LogP contribution in [-0.2, 0) is 10.3 Å². The molecule has 7 heteroatoms. The molecule has 2 N–H and O–H groups in total. The summed E-state index contributed by atoms with van der Waals surface area (Å²) in [6, 6.07) is 0. The summed E-state index contributed by atoms with van der Waals surface area (Å²) in [4.78, 5) is 17.1. The number of carbonyl (C=O) groups excluding carboxylic acids is 1. The molecule has 2 heterocycles. The summed E-state index contributed by atoms with van der Waals surface area (Å²) >= 11 is 1.67. The maximum Gasteiger partial charge on any atom is 0.221 e. The van der Waals surface area contributed by atoms with Gasteiger partial charge < -0.3 is 10.6 Å². The number of amides is 1. The van der Waals surface area contributed by atoms with E-state index in [4.69, 9.17) is 0 Å². The van der Waals surface area contributed by atoms with Crippen LogP contribution in [-0.4, -0.2) is 24.0 Å². The van der Waals surface area contributed by atoms with E-state index in [1.807, 2.05) is 11.6 Å². The Morgan fingerprint density at radius 2 is 2.04 bits per heavy atom. The van der Waals surface area contributed by atoms with Crippen LogP contribution >= 0.6 is 36.2 Å². The van der Waals surface area contributed by atoms with E-state index in [1.165, 1.54) is 25.7 Å². The highest BCUT2D eigenvalue weighted by Gasteiger charge is 2.39. The number of rotatable bonds is 5. The average molecular weight is 394 g/mol. The molecule has 1 saturated carbocycles. The Balaban J connectivity index is 0.00000144. The van der Waals surface area contributed by atoms with Crippen LogP contribution in [0.25, 0.3) is 0 Å². The van der Waals surface area contributed by atoms with Gasteiger partial charge in [-0.05, 0) is 50.6 Å². The first-order valence-electron chi connectivity index (χ1n) is 8.61. The predicted molar refractivity (Wildman–Crippen MR) is 104 cm³/mol. The summed E-state index contributed by atoms with van der Waals surface area (Å²) in [6.45, 7) is 4.43. The topological polar surface area (TPSA) is 54.0 Å². The van der Waals surface area contributed by atoms with E-state index in [-0.39, 0.29) is 36.3 Å². The van der Waals surface area contributed by atoms with Crippen molar-refractivity contribution in [2.75, 3.05) is 13.1 Å². The summed E-state index contributed by atoms with van der Waals surface area (Å²) < 4.78 is 0. The van der Waals surface area contributed by atoms with Crippen molar-refractivity contribution in [2.24, 2.45) is 11.8 Å². The molecule has 1 aromatic rings. The maximum atomic E-state index is 12.6. The molecule has 0 bridgehead atoms. The fourth-order valence-corrected chi connectivity index (χ4v) is 4.87. The summed E-state index contributed by atoms with van der Waals surface area (Å²) in [5, 5.41) is 9.86. The van der Waals surface area contributed by atoms with Gasteiger partial charge in [0.25, 0.3) is 0 Å². The molecule has 1 aliphatic heterocycles. The molecule has 2 fully saturated rings. The summed E-state index contributed by atoms with van der Waals surface area (Å²) in [6.07, 6.45) is 9.34. The van der Waals surface area contributed by atoms with Crippen LogP contribution in [0.5, 0.6) is 0 Å². The fraction of sp³-hybridized carbons (Fsp3) is 0.765. The van der Waals surface area contributed by atoms with Crippen molar-refractivity contribution >= 4 is 42.1 Å². The third-order valence-corrected chi connectivity index (χ3v) is 6.35. The number of aromatic nitrogens is 1. The number of carbonyl (C=O) groups is 1. The van der Waals surface area contributed by atoms with Crippen LogP contribution in [0.2, 0.25) is 0 Å². The number of thiazole rings is 1. The number of nitrogens with zero attached hydrogens (tertiary/aromatic N) is 1. The number of halogens is 2. The second kappa shape index (κ2) is 9.95. The third-order valence-electron chi connectivity index (χ3n) is 5.37. The van der Waals surface area contributed by atoms with Gasteiger partial charge in [0.15, 0.2) is 0 Å². The Morgan fingerprint density at radius 3 is 2.62 bits per heavy atom. The molecule has 1 aromatic heterocycles. The second-order valence-electron chi connectivity index (χ2n) is 6.94. The number of nitrogens with one attached hydrogen (secondary N) is 2. The van der Waals surface area contributed by atoms with E-state index in [2.05, 4.69) is 22.5 Å². The quantitative estimate of drug-likeness (QED) is 0.797. The predicted octanol–water partition coefficient (Wildman–Crippen LogP) is 3.90. The molecule has 3 rings (SSSR count). The minimum atomic E-state index is -0.181. The Morgan fingerprint density at radius 1 is 1.38 bits per heavy atom. The van der Waals surface area contributed by atoms with Crippen molar-refractivity contribution in [2.45, 2.75) is 57.4 Å². The van der Waals surface area contributed by atoms with Crippen molar-refractivity contribution in [1.29, 1.82) is 0 Å². The van der Waals surface area contributed by atoms with Crippen LogP contribution in [0.1, 0.15) is 56.9 Å². The lowest BCUT2D eigenvalue weighted by Gasteiger charge is -2.31. The van der Waals surface area contributed by atoms with Gasteiger partial charge in [0, 0.05) is 18.0 Å². The first-order valence-corrected chi connectivity index (χ1v) is 9.49. The highest BCUT2D eigenvalue weighted by molar-refractivity contribution is 7.09. The average Bonchev–Trinajstić information content (AvgIpc) is 3.19. The molecule has 1 unspecified atom stereocenters. The molecule has 1 atom stereocenters. The van der Waals surface area contributed by atoms with Crippen LogP contribution < -0.4 is 10.6 Å². The molecule has 4 nitrogen and oxygen atoms in total. The molecule has 2 aliphatic rings. The minimum Gasteiger partial charge on any atom is -0.344 e. The zero-order chi connectivity index (χ0) is 15.4. The molecule has 24 heavy (non-hydrogen) atoms.